The zero-order valence-corrected chi connectivity index (χ0v) is 10.8. The first-order valence-corrected chi connectivity index (χ1v) is 6.22. The molecule has 0 fully saturated rings. The van der Waals surface area contributed by atoms with E-state index in [-0.39, 0.29) is 6.04 Å². The van der Waals surface area contributed by atoms with Gasteiger partial charge >= 0.3 is 6.01 Å². The second kappa shape index (κ2) is 5.24. The van der Waals surface area contributed by atoms with Crippen LogP contribution in [0.15, 0.2) is 9.93 Å². The Morgan fingerprint density at radius 2 is 2.29 bits per heavy atom. The predicted octanol–water partition coefficient (Wildman–Crippen LogP) is 1.73. The van der Waals surface area contributed by atoms with Crippen molar-refractivity contribution in [1.82, 2.24) is 20.5 Å². The third kappa shape index (κ3) is 2.80. The molecule has 0 saturated heterocycles. The number of aromatic nitrogens is 3. The van der Waals surface area contributed by atoms with E-state index in [2.05, 4.69) is 25.8 Å². The van der Waals surface area contributed by atoms with E-state index >= 15 is 0 Å². The van der Waals surface area contributed by atoms with Gasteiger partial charge in [-0.2, -0.15) is 0 Å². The molecule has 0 radical (unpaired) electrons. The predicted molar refractivity (Wildman–Crippen MR) is 66.0 cm³/mol. The van der Waals surface area contributed by atoms with Crippen LogP contribution in [0.1, 0.15) is 29.4 Å². The minimum absolute atomic E-state index is 0.0585. The molecular weight excluding hydrogens is 238 g/mol. The Morgan fingerprint density at radius 1 is 1.47 bits per heavy atom. The zero-order chi connectivity index (χ0) is 12.3. The molecule has 0 saturated carbocycles. The van der Waals surface area contributed by atoms with Crippen LogP contribution in [0.25, 0.3) is 0 Å². The third-order valence-corrected chi connectivity index (χ3v) is 3.42. The monoisotopic (exact) mass is 253 g/mol. The van der Waals surface area contributed by atoms with Gasteiger partial charge < -0.3 is 15.1 Å². The minimum Gasteiger partial charge on any atom is -0.406 e. The van der Waals surface area contributed by atoms with Gasteiger partial charge in [-0.05, 0) is 20.9 Å². The zero-order valence-electron chi connectivity index (χ0n) is 10.0. The highest BCUT2D eigenvalue weighted by Gasteiger charge is 2.11. The molecule has 0 amide bonds. The van der Waals surface area contributed by atoms with E-state index in [1.54, 1.807) is 11.3 Å². The van der Waals surface area contributed by atoms with Crippen molar-refractivity contribution in [3.05, 3.63) is 22.0 Å². The fourth-order valence-corrected chi connectivity index (χ4v) is 1.97. The van der Waals surface area contributed by atoms with Crippen molar-refractivity contribution in [2.75, 3.05) is 12.4 Å². The van der Waals surface area contributed by atoms with Crippen molar-refractivity contribution in [3.63, 3.8) is 0 Å². The Labute approximate surface area is 103 Å². The van der Waals surface area contributed by atoms with Crippen molar-refractivity contribution in [3.8, 4) is 0 Å². The van der Waals surface area contributed by atoms with Gasteiger partial charge in [-0.3, -0.25) is 0 Å². The van der Waals surface area contributed by atoms with Crippen LogP contribution >= 0.6 is 11.3 Å². The molecule has 0 bridgehead atoms. The average Bonchev–Trinajstić information content (AvgIpc) is 2.94. The first kappa shape index (κ1) is 12.0. The number of anilines is 1. The van der Waals surface area contributed by atoms with Gasteiger partial charge in [-0.15, -0.1) is 16.4 Å². The molecule has 2 heterocycles. The van der Waals surface area contributed by atoms with Crippen LogP contribution in [-0.2, 0) is 6.54 Å². The summed E-state index contributed by atoms with van der Waals surface area (Å²) in [7, 11) is 1.85. The van der Waals surface area contributed by atoms with Crippen LogP contribution in [0.2, 0.25) is 0 Å². The van der Waals surface area contributed by atoms with Crippen molar-refractivity contribution < 1.29 is 4.42 Å². The standard InChI is InChI=1S/C10H15N5OS/c1-6-8(17-5-13-6)4-12-10-15-14-9(16-10)7(2)11-3/h5,7,11H,4H2,1-3H3,(H,12,15). The highest BCUT2D eigenvalue weighted by molar-refractivity contribution is 7.09. The van der Waals surface area contributed by atoms with Gasteiger partial charge in [-0.1, -0.05) is 5.10 Å². The van der Waals surface area contributed by atoms with E-state index in [0.717, 1.165) is 5.69 Å². The van der Waals surface area contributed by atoms with Crippen LogP contribution in [0.3, 0.4) is 0 Å². The second-order valence-electron chi connectivity index (χ2n) is 3.67. The van der Waals surface area contributed by atoms with Crippen LogP contribution in [0, 0.1) is 6.92 Å². The van der Waals surface area contributed by atoms with E-state index in [9.17, 15) is 0 Å². The Hall–Kier alpha value is -1.47. The summed E-state index contributed by atoms with van der Waals surface area (Å²) in [5, 5.41) is 14.0. The molecule has 2 aromatic heterocycles. The summed E-state index contributed by atoms with van der Waals surface area (Å²) < 4.78 is 5.46. The van der Waals surface area contributed by atoms with E-state index in [1.165, 1.54) is 4.88 Å². The molecule has 0 aromatic carbocycles. The highest BCUT2D eigenvalue weighted by Crippen LogP contribution is 2.16. The maximum atomic E-state index is 5.46. The van der Waals surface area contributed by atoms with Crippen molar-refractivity contribution in [1.29, 1.82) is 0 Å². The van der Waals surface area contributed by atoms with Gasteiger partial charge in [0.25, 0.3) is 0 Å². The number of aryl methyl sites for hydroxylation is 1. The summed E-state index contributed by atoms with van der Waals surface area (Å²) in [6.07, 6.45) is 0. The Balaban J connectivity index is 1.96. The molecule has 92 valence electrons. The Kier molecular flexibility index (Phi) is 3.70. The summed E-state index contributed by atoms with van der Waals surface area (Å²) in [5.74, 6) is 0.580. The van der Waals surface area contributed by atoms with E-state index in [4.69, 9.17) is 4.42 Å². The summed E-state index contributed by atoms with van der Waals surface area (Å²) >= 11 is 1.61. The normalized spacial score (nSPS) is 12.6. The lowest BCUT2D eigenvalue weighted by Gasteiger charge is -2.02. The molecule has 1 atom stereocenters. The molecule has 0 aliphatic carbocycles. The van der Waals surface area contributed by atoms with Gasteiger partial charge in [-0.25, -0.2) is 4.98 Å². The SMILES string of the molecule is CNC(C)c1nnc(NCc2scnc2C)o1. The van der Waals surface area contributed by atoms with E-state index in [0.29, 0.717) is 18.5 Å². The molecule has 6 nitrogen and oxygen atoms in total. The van der Waals surface area contributed by atoms with Gasteiger partial charge in [0.05, 0.1) is 23.8 Å². The average molecular weight is 253 g/mol. The number of hydrogen-bond donors (Lipinski definition) is 2. The van der Waals surface area contributed by atoms with Crippen LogP contribution in [-0.4, -0.2) is 22.2 Å². The summed E-state index contributed by atoms with van der Waals surface area (Å²) in [6, 6.07) is 0.498. The minimum atomic E-state index is 0.0585. The largest absolute Gasteiger partial charge is 0.406 e. The smallest absolute Gasteiger partial charge is 0.315 e. The van der Waals surface area contributed by atoms with Crippen molar-refractivity contribution in [2.45, 2.75) is 26.4 Å². The third-order valence-electron chi connectivity index (χ3n) is 2.49. The number of thiazole rings is 1. The van der Waals surface area contributed by atoms with Crippen LogP contribution in [0.4, 0.5) is 6.01 Å². The number of nitrogens with zero attached hydrogens (tertiary/aromatic N) is 3. The van der Waals surface area contributed by atoms with Gasteiger partial charge in [0.2, 0.25) is 5.89 Å². The molecule has 2 aromatic rings. The Morgan fingerprint density at radius 3 is 2.94 bits per heavy atom. The first-order valence-electron chi connectivity index (χ1n) is 5.34. The van der Waals surface area contributed by atoms with Gasteiger partial charge in [0.1, 0.15) is 0 Å². The number of rotatable bonds is 5. The molecule has 0 aliphatic heterocycles. The molecular formula is C10H15N5OS. The highest BCUT2D eigenvalue weighted by atomic mass is 32.1. The lowest BCUT2D eigenvalue weighted by atomic mass is 10.3. The Bertz CT molecular complexity index is 481. The van der Waals surface area contributed by atoms with Crippen molar-refractivity contribution in [2.24, 2.45) is 0 Å². The summed E-state index contributed by atoms with van der Waals surface area (Å²) in [6.45, 7) is 4.60. The van der Waals surface area contributed by atoms with E-state index in [1.807, 2.05) is 26.4 Å². The molecule has 1 unspecified atom stereocenters. The molecule has 0 spiro atoms. The molecule has 2 N–H and O–H groups in total. The number of nitrogens with one attached hydrogen (secondary N) is 2. The lowest BCUT2D eigenvalue weighted by Crippen LogP contribution is -2.12. The molecule has 2 rings (SSSR count). The molecule has 7 heteroatoms. The maximum Gasteiger partial charge on any atom is 0.315 e. The quantitative estimate of drug-likeness (QED) is 0.845. The van der Waals surface area contributed by atoms with Gasteiger partial charge in [0.15, 0.2) is 0 Å². The summed E-state index contributed by atoms with van der Waals surface area (Å²) in [4.78, 5) is 5.35. The first-order chi connectivity index (χ1) is 8.20. The van der Waals surface area contributed by atoms with Crippen LogP contribution < -0.4 is 10.6 Å². The van der Waals surface area contributed by atoms with Crippen molar-refractivity contribution >= 4 is 17.4 Å². The summed E-state index contributed by atoms with van der Waals surface area (Å²) in [5.41, 5.74) is 2.86. The van der Waals surface area contributed by atoms with Gasteiger partial charge in [0, 0.05) is 4.88 Å². The lowest BCUT2D eigenvalue weighted by molar-refractivity contribution is 0.441. The van der Waals surface area contributed by atoms with E-state index < -0.39 is 0 Å². The fourth-order valence-electron chi connectivity index (χ4n) is 1.26. The topological polar surface area (TPSA) is 75.9 Å². The molecule has 17 heavy (non-hydrogen) atoms. The second-order valence-corrected chi connectivity index (χ2v) is 4.61. The maximum absolute atomic E-state index is 5.46. The fraction of sp³-hybridized carbons (Fsp3) is 0.500. The molecule has 0 aliphatic rings. The van der Waals surface area contributed by atoms with Crippen LogP contribution in [0.5, 0.6) is 0 Å². The number of hydrogen-bond acceptors (Lipinski definition) is 7.